The highest BCUT2D eigenvalue weighted by Gasteiger charge is 2.38. The van der Waals surface area contributed by atoms with E-state index in [2.05, 4.69) is 5.10 Å². The zero-order valence-corrected chi connectivity index (χ0v) is 20.8. The molecule has 1 aliphatic heterocycles. The fourth-order valence-electron chi connectivity index (χ4n) is 3.39. The van der Waals surface area contributed by atoms with Crippen LogP contribution in [0.2, 0.25) is 5.02 Å². The summed E-state index contributed by atoms with van der Waals surface area (Å²) in [4.78, 5) is 37.3. The Morgan fingerprint density at radius 1 is 1.00 bits per heavy atom. The molecule has 2 aromatic carbocycles. The van der Waals surface area contributed by atoms with Gasteiger partial charge in [-0.3, -0.25) is 4.79 Å². The minimum absolute atomic E-state index is 0.0405. The number of hydrogen-bond donors (Lipinski definition) is 0. The summed E-state index contributed by atoms with van der Waals surface area (Å²) >= 11 is 6.32. The molecular weight excluding hydrogens is 488 g/mol. The predicted octanol–water partition coefficient (Wildman–Crippen LogP) is 4.60. The smallest absolute Gasteiger partial charge is 0.348 e. The van der Waals surface area contributed by atoms with Crippen molar-refractivity contribution >= 4 is 29.6 Å². The predicted molar refractivity (Wildman–Crippen MR) is 132 cm³/mol. The van der Waals surface area contributed by atoms with Gasteiger partial charge in [0.1, 0.15) is 5.57 Å². The van der Waals surface area contributed by atoms with Crippen molar-refractivity contribution in [1.82, 2.24) is 9.78 Å². The third-order valence-corrected chi connectivity index (χ3v) is 5.43. The average Bonchev–Trinajstić information content (AvgIpc) is 2.81. The number of aryl methyl sites for hydroxylation is 1. The minimum Gasteiger partial charge on any atom is -0.490 e. The summed E-state index contributed by atoms with van der Waals surface area (Å²) in [6, 6.07) is 12.0. The van der Waals surface area contributed by atoms with Gasteiger partial charge in [-0.15, -0.1) is 0 Å². The molecule has 0 aliphatic carbocycles. The molecule has 186 valence electrons. The maximum absolute atomic E-state index is 12.8. The van der Waals surface area contributed by atoms with E-state index in [1.165, 1.54) is 30.8 Å². The zero-order valence-electron chi connectivity index (χ0n) is 20.0. The quantitative estimate of drug-likeness (QED) is 0.269. The molecule has 0 spiro atoms. The molecule has 0 unspecified atom stereocenters. The average molecular weight is 511 g/mol. The molecule has 0 bridgehead atoms. The molecule has 36 heavy (non-hydrogen) atoms. The Morgan fingerprint density at radius 2 is 1.67 bits per heavy atom. The summed E-state index contributed by atoms with van der Waals surface area (Å²) in [6.45, 7) is 6.96. The number of ether oxygens (including phenoxy) is 4. The van der Waals surface area contributed by atoms with Gasteiger partial charge < -0.3 is 18.9 Å². The van der Waals surface area contributed by atoms with E-state index in [1.54, 1.807) is 37.3 Å². The minimum atomic E-state index is -1.33. The number of cyclic esters (lactones) is 2. The molecular formula is C26H23ClN2O7. The second-order valence-corrected chi connectivity index (χ2v) is 8.73. The standard InChI is InChI=1S/C26H23ClN2O7/c1-5-33-20-13-16(12-18-24(31)35-26(3,4)36-25(18)32)8-11-19(20)34-21-14-28-29(23(30)22(21)27)17-9-6-15(2)7-10-17/h6-14H,5H2,1-4H3. The largest absolute Gasteiger partial charge is 0.490 e. The summed E-state index contributed by atoms with van der Waals surface area (Å²) in [5.41, 5.74) is 1.27. The van der Waals surface area contributed by atoms with Crippen LogP contribution in [0.4, 0.5) is 0 Å². The van der Waals surface area contributed by atoms with Gasteiger partial charge in [-0.1, -0.05) is 35.4 Å². The number of halogens is 1. The molecule has 1 aromatic heterocycles. The van der Waals surface area contributed by atoms with Crippen LogP contribution in [0.3, 0.4) is 0 Å². The lowest BCUT2D eigenvalue weighted by Gasteiger charge is -2.29. The van der Waals surface area contributed by atoms with Crippen LogP contribution in [0.1, 0.15) is 31.9 Å². The van der Waals surface area contributed by atoms with Crippen molar-refractivity contribution in [3.05, 3.63) is 80.7 Å². The van der Waals surface area contributed by atoms with Crippen molar-refractivity contribution in [2.75, 3.05) is 6.61 Å². The Morgan fingerprint density at radius 3 is 2.31 bits per heavy atom. The van der Waals surface area contributed by atoms with E-state index >= 15 is 0 Å². The number of esters is 2. The Hall–Kier alpha value is -4.11. The first-order valence-corrected chi connectivity index (χ1v) is 11.4. The fourth-order valence-corrected chi connectivity index (χ4v) is 3.56. The summed E-state index contributed by atoms with van der Waals surface area (Å²) in [5, 5.41) is 4.02. The number of hydrogen-bond acceptors (Lipinski definition) is 8. The van der Waals surface area contributed by atoms with Gasteiger partial charge in [-0.05, 0) is 49.8 Å². The Labute approximate surface area is 211 Å². The third kappa shape index (κ3) is 5.26. The molecule has 0 amide bonds. The van der Waals surface area contributed by atoms with Crippen LogP contribution in [0, 0.1) is 6.92 Å². The third-order valence-electron chi connectivity index (χ3n) is 5.08. The molecule has 4 rings (SSSR count). The van der Waals surface area contributed by atoms with Crippen LogP contribution in [-0.2, 0) is 19.1 Å². The number of benzene rings is 2. The molecule has 3 aromatic rings. The highest BCUT2D eigenvalue weighted by atomic mass is 35.5. The zero-order chi connectivity index (χ0) is 26.0. The lowest BCUT2D eigenvalue weighted by Crippen LogP contribution is -2.41. The molecule has 1 aliphatic rings. The van der Waals surface area contributed by atoms with E-state index in [-0.39, 0.29) is 22.1 Å². The van der Waals surface area contributed by atoms with Gasteiger partial charge in [-0.2, -0.15) is 9.78 Å². The molecule has 0 radical (unpaired) electrons. The van der Waals surface area contributed by atoms with Crippen LogP contribution in [0.15, 0.2) is 59.0 Å². The molecule has 9 nitrogen and oxygen atoms in total. The lowest BCUT2D eigenvalue weighted by molar-refractivity contribution is -0.222. The van der Waals surface area contributed by atoms with E-state index < -0.39 is 23.3 Å². The Kier molecular flexibility index (Phi) is 6.85. The van der Waals surface area contributed by atoms with Crippen molar-refractivity contribution in [1.29, 1.82) is 0 Å². The molecule has 0 atom stereocenters. The SMILES string of the molecule is CCOc1cc(C=C2C(=O)OC(C)(C)OC2=O)ccc1Oc1cnn(-c2ccc(C)cc2)c(=O)c1Cl. The number of carbonyl (C=O) groups excluding carboxylic acids is 2. The van der Waals surface area contributed by atoms with Crippen LogP contribution in [0.25, 0.3) is 11.8 Å². The second kappa shape index (κ2) is 9.87. The van der Waals surface area contributed by atoms with Gasteiger partial charge in [0.25, 0.3) is 11.3 Å². The van der Waals surface area contributed by atoms with E-state index in [0.29, 0.717) is 23.6 Å². The van der Waals surface area contributed by atoms with Crippen molar-refractivity contribution in [3.63, 3.8) is 0 Å². The van der Waals surface area contributed by atoms with Crippen LogP contribution in [-0.4, -0.2) is 34.1 Å². The summed E-state index contributed by atoms with van der Waals surface area (Å²) in [7, 11) is 0. The molecule has 2 heterocycles. The van der Waals surface area contributed by atoms with Gasteiger partial charge in [0.05, 0.1) is 18.5 Å². The van der Waals surface area contributed by atoms with Gasteiger partial charge in [0, 0.05) is 13.8 Å². The summed E-state index contributed by atoms with van der Waals surface area (Å²) < 4.78 is 22.9. The van der Waals surface area contributed by atoms with Crippen molar-refractivity contribution in [2.45, 2.75) is 33.5 Å². The molecule has 10 heteroatoms. The van der Waals surface area contributed by atoms with E-state index in [4.69, 9.17) is 30.5 Å². The van der Waals surface area contributed by atoms with Crippen molar-refractivity contribution < 1.29 is 28.5 Å². The fraction of sp³-hybridized carbons (Fsp3) is 0.231. The van der Waals surface area contributed by atoms with E-state index in [9.17, 15) is 14.4 Å². The van der Waals surface area contributed by atoms with Gasteiger partial charge >= 0.3 is 11.9 Å². The Bertz CT molecular complexity index is 1400. The molecule has 0 N–H and O–H groups in total. The van der Waals surface area contributed by atoms with Crippen molar-refractivity contribution in [2.24, 2.45) is 0 Å². The van der Waals surface area contributed by atoms with Crippen molar-refractivity contribution in [3.8, 4) is 22.9 Å². The normalized spacial score (nSPS) is 14.6. The maximum atomic E-state index is 12.8. The number of nitrogens with zero attached hydrogens (tertiary/aromatic N) is 2. The van der Waals surface area contributed by atoms with Gasteiger partial charge in [-0.25, -0.2) is 9.59 Å². The monoisotopic (exact) mass is 510 g/mol. The van der Waals surface area contributed by atoms with Crippen LogP contribution >= 0.6 is 11.6 Å². The summed E-state index contributed by atoms with van der Waals surface area (Å²) in [6.07, 6.45) is 2.68. The van der Waals surface area contributed by atoms with Crippen LogP contribution in [0.5, 0.6) is 17.2 Å². The van der Waals surface area contributed by atoms with Gasteiger partial charge in [0.2, 0.25) is 0 Å². The van der Waals surface area contributed by atoms with E-state index in [0.717, 1.165) is 5.56 Å². The number of aromatic nitrogens is 2. The first-order chi connectivity index (χ1) is 17.1. The summed E-state index contributed by atoms with van der Waals surface area (Å²) in [5.74, 6) is -2.32. The Balaban J connectivity index is 1.64. The molecule has 0 saturated carbocycles. The van der Waals surface area contributed by atoms with Crippen LogP contribution < -0.4 is 15.0 Å². The van der Waals surface area contributed by atoms with Gasteiger partial charge in [0.15, 0.2) is 22.3 Å². The topological polar surface area (TPSA) is 106 Å². The molecule has 1 fully saturated rings. The van der Waals surface area contributed by atoms with E-state index in [1.807, 2.05) is 19.1 Å². The highest BCUT2D eigenvalue weighted by molar-refractivity contribution is 6.31. The number of rotatable bonds is 6. The molecule has 1 saturated heterocycles. The first kappa shape index (κ1) is 25.0. The first-order valence-electron chi connectivity index (χ1n) is 11.1. The maximum Gasteiger partial charge on any atom is 0.348 e. The highest BCUT2D eigenvalue weighted by Crippen LogP contribution is 2.35. The second-order valence-electron chi connectivity index (χ2n) is 8.35. The number of carbonyl (C=O) groups is 2. The lowest BCUT2D eigenvalue weighted by atomic mass is 10.1.